The van der Waals surface area contributed by atoms with Crippen molar-refractivity contribution in [3.8, 4) is 0 Å². The fourth-order valence-electron chi connectivity index (χ4n) is 2.84. The molecule has 0 amide bonds. The molecule has 0 N–H and O–H groups in total. The molecule has 2 aliphatic carbocycles. The van der Waals surface area contributed by atoms with Gasteiger partial charge >= 0.3 is 0 Å². The molecule has 3 unspecified atom stereocenters. The van der Waals surface area contributed by atoms with Gasteiger partial charge in [-0.3, -0.25) is 4.79 Å². The number of benzene rings is 1. The Labute approximate surface area is 109 Å². The van der Waals surface area contributed by atoms with Crippen LogP contribution in [0.15, 0.2) is 30.3 Å². The zero-order chi connectivity index (χ0) is 11.8. The van der Waals surface area contributed by atoms with E-state index in [1.807, 2.05) is 18.2 Å². The predicted molar refractivity (Wildman–Crippen MR) is 69.0 cm³/mol. The molecule has 0 aliphatic heterocycles. The Morgan fingerprint density at radius 1 is 1.29 bits per heavy atom. The van der Waals surface area contributed by atoms with Gasteiger partial charge in [0.05, 0.1) is 12.7 Å². The molecule has 0 radical (unpaired) electrons. The van der Waals surface area contributed by atoms with E-state index in [4.69, 9.17) is 4.74 Å². The molecule has 0 bridgehead atoms. The number of alkyl halides is 1. The van der Waals surface area contributed by atoms with Crippen molar-refractivity contribution in [3.05, 3.63) is 35.9 Å². The molecule has 0 saturated heterocycles. The molecule has 2 nitrogen and oxygen atoms in total. The Kier molecular flexibility index (Phi) is 3.05. The van der Waals surface area contributed by atoms with Crippen LogP contribution in [-0.4, -0.2) is 16.7 Å². The summed E-state index contributed by atoms with van der Waals surface area (Å²) in [6.45, 7) is 0.640. The second-order valence-corrected chi connectivity index (χ2v) is 6.01. The van der Waals surface area contributed by atoms with Gasteiger partial charge in [-0.15, -0.1) is 0 Å². The summed E-state index contributed by atoms with van der Waals surface area (Å²) in [4.78, 5) is 11.8. The standard InChI is InChI=1S/C14H15BrO2/c15-14-11-6-12(16)10(11)7-13(14)17-8-9-4-2-1-3-5-9/h1-5,10-11,13-14H,6-8H2/t10?,11-,13?,14?/m1/s1. The van der Waals surface area contributed by atoms with Crippen LogP contribution >= 0.6 is 15.9 Å². The first kappa shape index (κ1) is 11.4. The lowest BCUT2D eigenvalue weighted by Crippen LogP contribution is -2.36. The van der Waals surface area contributed by atoms with E-state index >= 15 is 0 Å². The summed E-state index contributed by atoms with van der Waals surface area (Å²) in [6, 6.07) is 10.2. The zero-order valence-corrected chi connectivity index (χ0v) is 11.1. The third kappa shape index (κ3) is 2.06. The van der Waals surface area contributed by atoms with Crippen molar-refractivity contribution in [3.63, 3.8) is 0 Å². The van der Waals surface area contributed by atoms with Crippen molar-refractivity contribution < 1.29 is 9.53 Å². The maximum Gasteiger partial charge on any atom is 0.136 e. The van der Waals surface area contributed by atoms with Crippen LogP contribution < -0.4 is 0 Å². The van der Waals surface area contributed by atoms with Crippen LogP contribution in [0.1, 0.15) is 18.4 Å². The number of carbonyl (C=O) groups excluding carboxylic acids is 1. The molecule has 90 valence electrons. The first-order chi connectivity index (χ1) is 8.25. The number of fused-ring (bicyclic) bond motifs is 1. The van der Waals surface area contributed by atoms with Gasteiger partial charge < -0.3 is 4.74 Å². The average Bonchev–Trinajstić information content (AvgIpc) is 2.60. The molecule has 17 heavy (non-hydrogen) atoms. The number of Topliss-reactive ketones (excluding diaryl/α,β-unsaturated/α-hetero) is 1. The molecule has 0 spiro atoms. The van der Waals surface area contributed by atoms with Crippen molar-refractivity contribution in [2.24, 2.45) is 11.8 Å². The molecule has 2 fully saturated rings. The maximum absolute atomic E-state index is 11.4. The van der Waals surface area contributed by atoms with Crippen molar-refractivity contribution in [1.82, 2.24) is 0 Å². The van der Waals surface area contributed by atoms with Gasteiger partial charge in [0.1, 0.15) is 5.78 Å². The molecular weight excluding hydrogens is 280 g/mol. The smallest absolute Gasteiger partial charge is 0.136 e. The topological polar surface area (TPSA) is 26.3 Å². The van der Waals surface area contributed by atoms with Gasteiger partial charge in [0.15, 0.2) is 0 Å². The predicted octanol–water partition coefficient (Wildman–Crippen LogP) is 2.94. The van der Waals surface area contributed by atoms with Gasteiger partial charge in [0.25, 0.3) is 0 Å². The van der Waals surface area contributed by atoms with Crippen molar-refractivity contribution in [2.45, 2.75) is 30.4 Å². The Morgan fingerprint density at radius 3 is 2.71 bits per heavy atom. The van der Waals surface area contributed by atoms with Crippen LogP contribution in [0.25, 0.3) is 0 Å². The van der Waals surface area contributed by atoms with Gasteiger partial charge in [0.2, 0.25) is 0 Å². The summed E-state index contributed by atoms with van der Waals surface area (Å²) in [5.74, 6) is 1.20. The SMILES string of the molecule is O=C1C[C@@H]2C1CC(OCc1ccccc1)C2Br. The van der Waals surface area contributed by atoms with E-state index in [-0.39, 0.29) is 12.0 Å². The normalized spacial score (nSPS) is 35.5. The van der Waals surface area contributed by atoms with Crippen LogP contribution in [0.5, 0.6) is 0 Å². The Hall–Kier alpha value is -0.670. The number of rotatable bonds is 3. The number of ether oxygens (including phenoxy) is 1. The molecular formula is C14H15BrO2. The number of hydrogen-bond acceptors (Lipinski definition) is 2. The summed E-state index contributed by atoms with van der Waals surface area (Å²) in [7, 11) is 0. The van der Waals surface area contributed by atoms with E-state index in [0.29, 0.717) is 23.1 Å². The first-order valence-corrected chi connectivity index (χ1v) is 6.99. The molecule has 0 aromatic heterocycles. The van der Waals surface area contributed by atoms with E-state index in [0.717, 1.165) is 12.8 Å². The van der Waals surface area contributed by atoms with Gasteiger partial charge in [-0.05, 0) is 17.9 Å². The fourth-order valence-corrected chi connectivity index (χ4v) is 3.76. The van der Waals surface area contributed by atoms with Gasteiger partial charge in [-0.2, -0.15) is 0 Å². The van der Waals surface area contributed by atoms with E-state index in [1.165, 1.54) is 5.56 Å². The van der Waals surface area contributed by atoms with Crippen molar-refractivity contribution in [1.29, 1.82) is 0 Å². The van der Waals surface area contributed by atoms with Gasteiger partial charge in [-0.25, -0.2) is 0 Å². The van der Waals surface area contributed by atoms with Crippen molar-refractivity contribution in [2.75, 3.05) is 0 Å². The van der Waals surface area contributed by atoms with E-state index in [2.05, 4.69) is 28.1 Å². The molecule has 1 aromatic carbocycles. The molecule has 3 heteroatoms. The lowest BCUT2D eigenvalue weighted by molar-refractivity contribution is -0.132. The molecule has 2 aliphatic rings. The van der Waals surface area contributed by atoms with E-state index in [1.54, 1.807) is 0 Å². The second kappa shape index (κ2) is 4.54. The maximum atomic E-state index is 11.4. The van der Waals surface area contributed by atoms with Crippen LogP contribution in [0.3, 0.4) is 0 Å². The van der Waals surface area contributed by atoms with Crippen LogP contribution in [0, 0.1) is 11.8 Å². The highest BCUT2D eigenvalue weighted by molar-refractivity contribution is 9.09. The zero-order valence-electron chi connectivity index (χ0n) is 9.51. The third-order valence-electron chi connectivity index (χ3n) is 3.92. The highest BCUT2D eigenvalue weighted by Crippen LogP contribution is 2.48. The molecule has 1 aromatic rings. The number of carbonyl (C=O) groups is 1. The molecule has 2 saturated carbocycles. The van der Waals surface area contributed by atoms with Crippen LogP contribution in [0.2, 0.25) is 0 Å². The third-order valence-corrected chi connectivity index (χ3v) is 5.19. The number of halogens is 1. The largest absolute Gasteiger partial charge is 0.372 e. The average molecular weight is 295 g/mol. The molecule has 3 rings (SSSR count). The van der Waals surface area contributed by atoms with Crippen molar-refractivity contribution >= 4 is 21.7 Å². The minimum Gasteiger partial charge on any atom is -0.372 e. The van der Waals surface area contributed by atoms with E-state index < -0.39 is 0 Å². The van der Waals surface area contributed by atoms with E-state index in [9.17, 15) is 4.79 Å². The summed E-state index contributed by atoms with van der Waals surface area (Å²) < 4.78 is 5.93. The Bertz CT molecular complexity index is 417. The quantitative estimate of drug-likeness (QED) is 0.801. The molecule has 4 atom stereocenters. The fraction of sp³-hybridized carbons (Fsp3) is 0.500. The van der Waals surface area contributed by atoms with Gasteiger partial charge in [0, 0.05) is 17.2 Å². The Balaban J connectivity index is 1.58. The highest BCUT2D eigenvalue weighted by atomic mass is 79.9. The number of ketones is 1. The summed E-state index contributed by atoms with van der Waals surface area (Å²) >= 11 is 3.69. The monoisotopic (exact) mass is 294 g/mol. The lowest BCUT2D eigenvalue weighted by atomic mass is 9.75. The number of hydrogen-bond donors (Lipinski definition) is 0. The van der Waals surface area contributed by atoms with Crippen LogP contribution in [0.4, 0.5) is 0 Å². The van der Waals surface area contributed by atoms with Crippen LogP contribution in [-0.2, 0) is 16.1 Å². The summed E-state index contributed by atoms with van der Waals surface area (Å²) in [5.41, 5.74) is 1.19. The summed E-state index contributed by atoms with van der Waals surface area (Å²) in [6.07, 6.45) is 1.83. The first-order valence-electron chi connectivity index (χ1n) is 6.08. The Morgan fingerprint density at radius 2 is 2.06 bits per heavy atom. The van der Waals surface area contributed by atoms with Gasteiger partial charge in [-0.1, -0.05) is 46.3 Å². The highest BCUT2D eigenvalue weighted by Gasteiger charge is 2.52. The second-order valence-electron chi connectivity index (χ2n) is 4.96. The molecule has 0 heterocycles. The minimum absolute atomic E-state index is 0.191. The summed E-state index contributed by atoms with van der Waals surface area (Å²) in [5, 5.41) is 0. The lowest BCUT2D eigenvalue weighted by Gasteiger charge is -2.29. The minimum atomic E-state index is 0.191.